The standard InChI is InChI=1S/C20H21NO4/c1-13-4-3-5-16(8-13)23-11-20(22)21-7-6-15-9-18-19(25-12-24-18)10-17(15)14(21)2/h3-5,8-10,14H,6-7,11-12H2,1-2H3. The van der Waals surface area contributed by atoms with Crippen LogP contribution in [0.1, 0.15) is 29.7 Å². The molecule has 2 heterocycles. The number of fused-ring (bicyclic) bond motifs is 2. The second-order valence-corrected chi connectivity index (χ2v) is 6.52. The van der Waals surface area contributed by atoms with Crippen molar-refractivity contribution >= 4 is 5.91 Å². The maximum atomic E-state index is 12.7. The largest absolute Gasteiger partial charge is 0.484 e. The number of benzene rings is 2. The van der Waals surface area contributed by atoms with E-state index in [1.54, 1.807) is 0 Å². The number of hydrogen-bond acceptors (Lipinski definition) is 4. The van der Waals surface area contributed by atoms with Crippen LogP contribution in [0, 0.1) is 6.92 Å². The van der Waals surface area contributed by atoms with Crippen molar-refractivity contribution in [1.82, 2.24) is 4.90 Å². The highest BCUT2D eigenvalue weighted by atomic mass is 16.7. The highest BCUT2D eigenvalue weighted by molar-refractivity contribution is 5.78. The van der Waals surface area contributed by atoms with Gasteiger partial charge in [-0.2, -0.15) is 0 Å². The Hall–Kier alpha value is -2.69. The number of ether oxygens (including phenoxy) is 3. The Bertz CT molecular complexity index is 817. The molecular formula is C20H21NO4. The lowest BCUT2D eigenvalue weighted by Gasteiger charge is -2.35. The van der Waals surface area contributed by atoms with Gasteiger partial charge in [0.15, 0.2) is 18.1 Å². The van der Waals surface area contributed by atoms with E-state index in [9.17, 15) is 4.79 Å². The Morgan fingerprint density at radius 2 is 2.04 bits per heavy atom. The van der Waals surface area contributed by atoms with E-state index in [0.29, 0.717) is 6.54 Å². The van der Waals surface area contributed by atoms with Gasteiger partial charge in [0.25, 0.3) is 5.91 Å². The minimum atomic E-state index is -0.00754. The Balaban J connectivity index is 1.47. The Kier molecular flexibility index (Phi) is 3.99. The van der Waals surface area contributed by atoms with Crippen LogP contribution in [0.2, 0.25) is 0 Å². The van der Waals surface area contributed by atoms with Crippen molar-refractivity contribution in [2.24, 2.45) is 0 Å². The van der Waals surface area contributed by atoms with E-state index < -0.39 is 0 Å². The summed E-state index contributed by atoms with van der Waals surface area (Å²) in [5.74, 6) is 2.28. The summed E-state index contributed by atoms with van der Waals surface area (Å²) >= 11 is 0. The lowest BCUT2D eigenvalue weighted by molar-refractivity contribution is -0.136. The minimum Gasteiger partial charge on any atom is -0.484 e. The Morgan fingerprint density at radius 1 is 1.24 bits per heavy atom. The molecule has 5 nitrogen and oxygen atoms in total. The molecule has 0 saturated carbocycles. The molecule has 0 aromatic heterocycles. The van der Waals surface area contributed by atoms with Crippen molar-refractivity contribution in [3.8, 4) is 17.2 Å². The highest BCUT2D eigenvalue weighted by Gasteiger charge is 2.30. The SMILES string of the molecule is Cc1cccc(OCC(=O)N2CCc3cc4c(cc3C2C)OCO4)c1. The fraction of sp³-hybridized carbons (Fsp3) is 0.350. The van der Waals surface area contributed by atoms with E-state index in [1.165, 1.54) is 5.56 Å². The first kappa shape index (κ1) is 15.8. The average Bonchev–Trinajstić information content (AvgIpc) is 3.06. The smallest absolute Gasteiger partial charge is 0.261 e. The van der Waals surface area contributed by atoms with Gasteiger partial charge in [0.05, 0.1) is 6.04 Å². The van der Waals surface area contributed by atoms with Gasteiger partial charge in [0.1, 0.15) is 5.75 Å². The zero-order valence-corrected chi connectivity index (χ0v) is 14.5. The van der Waals surface area contributed by atoms with E-state index in [-0.39, 0.29) is 25.3 Å². The molecule has 130 valence electrons. The van der Waals surface area contributed by atoms with Crippen molar-refractivity contribution in [2.45, 2.75) is 26.3 Å². The zero-order valence-electron chi connectivity index (χ0n) is 14.5. The van der Waals surface area contributed by atoms with Gasteiger partial charge in [-0.05, 0) is 61.2 Å². The number of hydrogen-bond donors (Lipinski definition) is 0. The molecule has 1 atom stereocenters. The first-order valence-electron chi connectivity index (χ1n) is 8.53. The molecule has 2 aliphatic rings. The monoisotopic (exact) mass is 339 g/mol. The van der Waals surface area contributed by atoms with E-state index in [2.05, 4.69) is 0 Å². The fourth-order valence-corrected chi connectivity index (χ4v) is 3.48. The molecule has 0 spiro atoms. The maximum Gasteiger partial charge on any atom is 0.261 e. The van der Waals surface area contributed by atoms with E-state index in [0.717, 1.165) is 34.8 Å². The molecular weight excluding hydrogens is 318 g/mol. The molecule has 25 heavy (non-hydrogen) atoms. The molecule has 2 aliphatic heterocycles. The number of amides is 1. The molecule has 0 N–H and O–H groups in total. The van der Waals surface area contributed by atoms with E-state index in [4.69, 9.17) is 14.2 Å². The molecule has 0 aliphatic carbocycles. The topological polar surface area (TPSA) is 48.0 Å². The summed E-state index contributed by atoms with van der Waals surface area (Å²) in [6.45, 7) is 5.05. The van der Waals surface area contributed by atoms with Crippen LogP contribution in [-0.4, -0.2) is 30.8 Å². The summed E-state index contributed by atoms with van der Waals surface area (Å²) in [6.07, 6.45) is 0.812. The second-order valence-electron chi connectivity index (χ2n) is 6.52. The fourth-order valence-electron chi connectivity index (χ4n) is 3.48. The molecule has 4 rings (SSSR count). The first-order valence-corrected chi connectivity index (χ1v) is 8.53. The van der Waals surface area contributed by atoms with Crippen LogP contribution in [-0.2, 0) is 11.2 Å². The van der Waals surface area contributed by atoms with Crippen LogP contribution in [0.15, 0.2) is 36.4 Å². The minimum absolute atomic E-state index is 0.00248. The van der Waals surface area contributed by atoms with Gasteiger partial charge in [0.2, 0.25) is 6.79 Å². The van der Waals surface area contributed by atoms with Crippen LogP contribution in [0.5, 0.6) is 17.2 Å². The third-order valence-corrected chi connectivity index (χ3v) is 4.85. The van der Waals surface area contributed by atoms with Crippen LogP contribution in [0.3, 0.4) is 0 Å². The molecule has 0 fully saturated rings. The van der Waals surface area contributed by atoms with Gasteiger partial charge >= 0.3 is 0 Å². The number of carbonyl (C=O) groups is 1. The molecule has 0 bridgehead atoms. The van der Waals surface area contributed by atoms with Crippen LogP contribution >= 0.6 is 0 Å². The van der Waals surface area contributed by atoms with Gasteiger partial charge in [-0.3, -0.25) is 4.79 Å². The number of nitrogens with zero attached hydrogens (tertiary/aromatic N) is 1. The quantitative estimate of drug-likeness (QED) is 0.861. The predicted molar refractivity (Wildman–Crippen MR) is 93.1 cm³/mol. The van der Waals surface area contributed by atoms with Gasteiger partial charge in [-0.1, -0.05) is 12.1 Å². The molecule has 1 unspecified atom stereocenters. The summed E-state index contributed by atoms with van der Waals surface area (Å²) in [5.41, 5.74) is 3.46. The maximum absolute atomic E-state index is 12.7. The normalized spacial score (nSPS) is 18.0. The van der Waals surface area contributed by atoms with Crippen molar-refractivity contribution < 1.29 is 19.0 Å². The van der Waals surface area contributed by atoms with E-state index in [1.807, 2.05) is 55.1 Å². The molecule has 1 amide bonds. The highest BCUT2D eigenvalue weighted by Crippen LogP contribution is 2.40. The van der Waals surface area contributed by atoms with Crippen LogP contribution in [0.25, 0.3) is 0 Å². The van der Waals surface area contributed by atoms with Gasteiger partial charge in [-0.25, -0.2) is 0 Å². The van der Waals surface area contributed by atoms with Crippen LogP contribution in [0.4, 0.5) is 0 Å². The molecule has 0 saturated heterocycles. The predicted octanol–water partition coefficient (Wildman–Crippen LogP) is 3.25. The molecule has 2 aromatic rings. The van der Waals surface area contributed by atoms with Crippen LogP contribution < -0.4 is 14.2 Å². The Labute approximate surface area is 147 Å². The number of aryl methyl sites for hydroxylation is 1. The number of carbonyl (C=O) groups excluding carboxylic acids is 1. The van der Waals surface area contributed by atoms with Crippen molar-refractivity contribution in [1.29, 1.82) is 0 Å². The van der Waals surface area contributed by atoms with E-state index >= 15 is 0 Å². The zero-order chi connectivity index (χ0) is 17.4. The number of rotatable bonds is 3. The summed E-state index contributed by atoms with van der Waals surface area (Å²) in [4.78, 5) is 14.5. The molecule has 5 heteroatoms. The van der Waals surface area contributed by atoms with Gasteiger partial charge in [-0.15, -0.1) is 0 Å². The van der Waals surface area contributed by atoms with Gasteiger partial charge in [0, 0.05) is 6.54 Å². The van der Waals surface area contributed by atoms with Crippen molar-refractivity contribution in [2.75, 3.05) is 19.9 Å². The molecule has 0 radical (unpaired) electrons. The third kappa shape index (κ3) is 3.02. The lowest BCUT2D eigenvalue weighted by Crippen LogP contribution is -2.41. The third-order valence-electron chi connectivity index (χ3n) is 4.85. The summed E-state index contributed by atoms with van der Waals surface area (Å²) in [6, 6.07) is 11.8. The van der Waals surface area contributed by atoms with Crippen molar-refractivity contribution in [3.05, 3.63) is 53.1 Å². The Morgan fingerprint density at radius 3 is 2.84 bits per heavy atom. The van der Waals surface area contributed by atoms with Crippen molar-refractivity contribution in [3.63, 3.8) is 0 Å². The summed E-state index contributed by atoms with van der Waals surface area (Å²) < 4.78 is 16.6. The average molecular weight is 339 g/mol. The summed E-state index contributed by atoms with van der Waals surface area (Å²) in [5, 5.41) is 0. The first-order chi connectivity index (χ1) is 12.1. The van der Waals surface area contributed by atoms with Gasteiger partial charge < -0.3 is 19.1 Å². The lowest BCUT2D eigenvalue weighted by atomic mass is 9.93. The summed E-state index contributed by atoms with van der Waals surface area (Å²) in [7, 11) is 0. The second kappa shape index (κ2) is 6.31. The molecule has 2 aromatic carbocycles.